The molecular weight excluding hydrogens is 390 g/mol. The molecule has 0 fully saturated rings. The SMILES string of the molecule is C=CCn1c(C)cc(C(=O)COC(=O)c2ccc(Cl)c(S(C)(=O)=O)c2)c1C. The summed E-state index contributed by atoms with van der Waals surface area (Å²) in [5.41, 5.74) is 2.14. The van der Waals surface area contributed by atoms with Crippen molar-refractivity contribution >= 4 is 33.2 Å². The molecule has 0 N–H and O–H groups in total. The van der Waals surface area contributed by atoms with Crippen molar-refractivity contribution in [2.24, 2.45) is 0 Å². The van der Waals surface area contributed by atoms with E-state index >= 15 is 0 Å². The van der Waals surface area contributed by atoms with Crippen LogP contribution in [0, 0.1) is 13.8 Å². The van der Waals surface area contributed by atoms with E-state index in [2.05, 4.69) is 6.58 Å². The summed E-state index contributed by atoms with van der Waals surface area (Å²) in [7, 11) is -3.59. The van der Waals surface area contributed by atoms with Crippen LogP contribution in [0.3, 0.4) is 0 Å². The lowest BCUT2D eigenvalue weighted by Gasteiger charge is -2.08. The molecule has 0 radical (unpaired) electrons. The molecule has 0 unspecified atom stereocenters. The molecule has 0 bridgehead atoms. The minimum Gasteiger partial charge on any atom is -0.454 e. The summed E-state index contributed by atoms with van der Waals surface area (Å²) in [5, 5.41) is 0.0137. The molecule has 0 amide bonds. The largest absolute Gasteiger partial charge is 0.454 e. The minimum atomic E-state index is -3.59. The number of benzene rings is 1. The monoisotopic (exact) mass is 409 g/mol. The molecule has 0 spiro atoms. The maximum atomic E-state index is 12.4. The van der Waals surface area contributed by atoms with Gasteiger partial charge >= 0.3 is 5.97 Å². The quantitative estimate of drug-likeness (QED) is 0.397. The summed E-state index contributed by atoms with van der Waals surface area (Å²) in [6.45, 7) is 7.49. The van der Waals surface area contributed by atoms with Crippen LogP contribution in [0.5, 0.6) is 0 Å². The molecule has 144 valence electrons. The number of rotatable bonds is 7. The van der Waals surface area contributed by atoms with Gasteiger partial charge in [-0.25, -0.2) is 13.2 Å². The van der Waals surface area contributed by atoms with Gasteiger partial charge in [-0.1, -0.05) is 17.7 Å². The number of Topliss-reactive ketones (excluding diaryl/α,β-unsaturated/α-hetero) is 1. The highest BCUT2D eigenvalue weighted by Gasteiger charge is 2.19. The molecule has 8 heteroatoms. The Hall–Kier alpha value is -2.38. The molecule has 0 atom stereocenters. The second-order valence-corrected chi connectivity index (χ2v) is 8.49. The summed E-state index contributed by atoms with van der Waals surface area (Å²) in [6.07, 6.45) is 2.72. The molecule has 0 saturated carbocycles. The Morgan fingerprint density at radius 3 is 2.52 bits per heavy atom. The Balaban J connectivity index is 2.16. The van der Waals surface area contributed by atoms with E-state index in [1.165, 1.54) is 12.1 Å². The molecular formula is C19H20ClNO5S. The maximum absolute atomic E-state index is 12.4. The third-order valence-electron chi connectivity index (χ3n) is 4.09. The number of nitrogens with zero attached hydrogens (tertiary/aromatic N) is 1. The van der Waals surface area contributed by atoms with Crippen molar-refractivity contribution in [3.8, 4) is 0 Å². The Bertz CT molecular complexity index is 1020. The second-order valence-electron chi connectivity index (χ2n) is 6.10. The van der Waals surface area contributed by atoms with Gasteiger partial charge in [0.1, 0.15) is 0 Å². The number of aryl methyl sites for hydroxylation is 1. The molecule has 1 aromatic carbocycles. The summed E-state index contributed by atoms with van der Waals surface area (Å²) in [5.74, 6) is -1.14. The number of carbonyl (C=O) groups excluding carboxylic acids is 2. The van der Waals surface area contributed by atoms with Crippen LogP contribution in [0.1, 0.15) is 32.1 Å². The Morgan fingerprint density at radius 1 is 1.26 bits per heavy atom. The molecule has 2 aromatic rings. The van der Waals surface area contributed by atoms with Crippen molar-refractivity contribution in [2.75, 3.05) is 12.9 Å². The summed E-state index contributed by atoms with van der Waals surface area (Å²) < 4.78 is 30.4. The van der Waals surface area contributed by atoms with Crippen LogP contribution in [-0.4, -0.2) is 37.6 Å². The molecule has 27 heavy (non-hydrogen) atoms. The number of ketones is 1. The molecule has 1 heterocycles. The number of halogens is 1. The fraction of sp³-hybridized carbons (Fsp3) is 0.263. The van der Waals surface area contributed by atoms with E-state index in [9.17, 15) is 18.0 Å². The fourth-order valence-electron chi connectivity index (χ4n) is 2.70. The van der Waals surface area contributed by atoms with Gasteiger partial charge in [-0.15, -0.1) is 6.58 Å². The summed E-state index contributed by atoms with van der Waals surface area (Å²) in [6, 6.07) is 5.53. The maximum Gasteiger partial charge on any atom is 0.338 e. The first-order chi connectivity index (χ1) is 12.6. The van der Waals surface area contributed by atoms with Gasteiger partial charge in [0, 0.05) is 29.8 Å². The van der Waals surface area contributed by atoms with Crippen LogP contribution in [0.25, 0.3) is 0 Å². The van der Waals surface area contributed by atoms with E-state index in [0.29, 0.717) is 12.1 Å². The van der Waals surface area contributed by atoms with E-state index in [-0.39, 0.29) is 21.3 Å². The predicted molar refractivity (Wildman–Crippen MR) is 103 cm³/mol. The number of hydrogen-bond acceptors (Lipinski definition) is 5. The number of aromatic nitrogens is 1. The van der Waals surface area contributed by atoms with Crippen LogP contribution >= 0.6 is 11.6 Å². The van der Waals surface area contributed by atoms with E-state index in [1.807, 2.05) is 18.4 Å². The predicted octanol–water partition coefficient (Wildman–Crippen LogP) is 3.39. The molecule has 0 saturated heterocycles. The summed E-state index contributed by atoms with van der Waals surface area (Å²) in [4.78, 5) is 24.4. The zero-order valence-electron chi connectivity index (χ0n) is 15.3. The molecule has 2 rings (SSSR count). The van der Waals surface area contributed by atoms with Gasteiger partial charge in [0.15, 0.2) is 16.4 Å². The van der Waals surface area contributed by atoms with Gasteiger partial charge in [0.2, 0.25) is 5.78 Å². The second kappa shape index (κ2) is 8.10. The third-order valence-corrected chi connectivity index (χ3v) is 5.66. The van der Waals surface area contributed by atoms with Crippen LogP contribution in [0.4, 0.5) is 0 Å². The highest BCUT2D eigenvalue weighted by molar-refractivity contribution is 7.90. The number of carbonyl (C=O) groups is 2. The highest BCUT2D eigenvalue weighted by atomic mass is 35.5. The van der Waals surface area contributed by atoms with Crippen molar-refractivity contribution in [1.29, 1.82) is 0 Å². The first kappa shape index (κ1) is 20.9. The number of ether oxygens (including phenoxy) is 1. The third kappa shape index (κ3) is 4.67. The highest BCUT2D eigenvalue weighted by Crippen LogP contribution is 2.23. The van der Waals surface area contributed by atoms with Crippen LogP contribution < -0.4 is 0 Å². The molecule has 0 aliphatic heterocycles. The van der Waals surface area contributed by atoms with Crippen molar-refractivity contribution in [3.05, 3.63) is 64.5 Å². The number of sulfone groups is 1. The average molecular weight is 410 g/mol. The number of allylic oxidation sites excluding steroid dienone is 1. The van der Waals surface area contributed by atoms with E-state index in [4.69, 9.17) is 16.3 Å². The summed E-state index contributed by atoms with van der Waals surface area (Å²) >= 11 is 5.86. The average Bonchev–Trinajstić information content (AvgIpc) is 2.87. The Labute approximate surface area is 163 Å². The van der Waals surface area contributed by atoms with Gasteiger partial charge in [-0.05, 0) is 38.1 Å². The van der Waals surface area contributed by atoms with Crippen LogP contribution in [0.15, 0.2) is 41.8 Å². The standard InChI is InChI=1S/C19H20ClNO5S/c1-5-8-21-12(2)9-15(13(21)3)17(22)11-26-19(23)14-6-7-16(20)18(10-14)27(4,24)25/h5-7,9-10H,1,8,11H2,2-4H3. The smallest absolute Gasteiger partial charge is 0.338 e. The Morgan fingerprint density at radius 2 is 1.93 bits per heavy atom. The molecule has 1 aromatic heterocycles. The molecule has 0 aliphatic rings. The Kier molecular flexibility index (Phi) is 6.28. The lowest BCUT2D eigenvalue weighted by atomic mass is 10.1. The van der Waals surface area contributed by atoms with E-state index in [1.54, 1.807) is 12.1 Å². The zero-order chi connectivity index (χ0) is 20.4. The number of esters is 1. The lowest BCUT2D eigenvalue weighted by Crippen LogP contribution is -2.15. The topological polar surface area (TPSA) is 82.4 Å². The van der Waals surface area contributed by atoms with Crippen molar-refractivity contribution in [3.63, 3.8) is 0 Å². The normalized spacial score (nSPS) is 11.3. The van der Waals surface area contributed by atoms with Crippen molar-refractivity contribution < 1.29 is 22.7 Å². The number of hydrogen-bond donors (Lipinski definition) is 0. The van der Waals surface area contributed by atoms with Gasteiger partial charge in [-0.2, -0.15) is 0 Å². The van der Waals surface area contributed by atoms with E-state index < -0.39 is 22.4 Å². The fourth-order valence-corrected chi connectivity index (χ4v) is 4.00. The van der Waals surface area contributed by atoms with Gasteiger partial charge in [-0.3, -0.25) is 4.79 Å². The van der Waals surface area contributed by atoms with Crippen LogP contribution in [0.2, 0.25) is 5.02 Å². The molecule has 0 aliphatic carbocycles. The minimum absolute atomic E-state index is 0.00440. The molecule has 6 nitrogen and oxygen atoms in total. The lowest BCUT2D eigenvalue weighted by molar-refractivity contribution is 0.0474. The van der Waals surface area contributed by atoms with Crippen LogP contribution in [-0.2, 0) is 21.1 Å². The van der Waals surface area contributed by atoms with Crippen molar-refractivity contribution in [1.82, 2.24) is 4.57 Å². The van der Waals surface area contributed by atoms with Gasteiger partial charge < -0.3 is 9.30 Å². The van der Waals surface area contributed by atoms with Gasteiger partial charge in [0.25, 0.3) is 0 Å². The van der Waals surface area contributed by atoms with Crippen molar-refractivity contribution in [2.45, 2.75) is 25.3 Å². The van der Waals surface area contributed by atoms with E-state index in [0.717, 1.165) is 23.7 Å². The van der Waals surface area contributed by atoms with Gasteiger partial charge in [0.05, 0.1) is 15.5 Å². The first-order valence-electron chi connectivity index (χ1n) is 8.03. The zero-order valence-corrected chi connectivity index (χ0v) is 16.9. The first-order valence-corrected chi connectivity index (χ1v) is 10.3.